The number of carbonyl (C=O) groups excluding carboxylic acids is 2. The Kier molecular flexibility index (Phi) is 6.44. The van der Waals surface area contributed by atoms with Crippen LogP contribution in [0.25, 0.3) is 0 Å². The largest absolute Gasteiger partial charge is 0.493 e. The number of rotatable bonds is 7. The lowest BCUT2D eigenvalue weighted by Gasteiger charge is -2.13. The number of nitrogens with zero attached hydrogens (tertiary/aromatic N) is 1. The van der Waals surface area contributed by atoms with E-state index < -0.39 is 11.8 Å². The first-order chi connectivity index (χ1) is 9.99. The van der Waals surface area contributed by atoms with Gasteiger partial charge in [-0.2, -0.15) is 0 Å². The molecule has 0 aliphatic carbocycles. The Hall–Kier alpha value is -2.32. The van der Waals surface area contributed by atoms with E-state index in [1.807, 2.05) is 0 Å². The summed E-state index contributed by atoms with van der Waals surface area (Å²) in [7, 11) is 2.83. The summed E-state index contributed by atoms with van der Waals surface area (Å²) in [5.41, 5.74) is 0.315. The summed E-state index contributed by atoms with van der Waals surface area (Å²) in [6.07, 6.45) is 0. The predicted octanol–water partition coefficient (Wildman–Crippen LogP) is -0.872. The van der Waals surface area contributed by atoms with Crippen molar-refractivity contribution in [3.05, 3.63) is 23.8 Å². The summed E-state index contributed by atoms with van der Waals surface area (Å²) >= 11 is 0. The molecule has 0 heterocycles. The van der Waals surface area contributed by atoms with E-state index in [4.69, 9.17) is 20.4 Å². The van der Waals surface area contributed by atoms with Gasteiger partial charge in [-0.05, 0) is 18.2 Å². The fourth-order valence-corrected chi connectivity index (χ4v) is 1.47. The third-order valence-electron chi connectivity index (χ3n) is 2.57. The number of amides is 2. The molecule has 1 aromatic carbocycles. The number of aliphatic hydroxyl groups is 1. The maximum atomic E-state index is 11.9. The van der Waals surface area contributed by atoms with E-state index in [1.165, 1.54) is 26.3 Å². The third kappa shape index (κ3) is 4.93. The Morgan fingerprint density at radius 1 is 1.38 bits per heavy atom. The van der Waals surface area contributed by atoms with E-state index in [9.17, 15) is 9.59 Å². The highest BCUT2D eigenvalue weighted by Crippen LogP contribution is 2.27. The second-order valence-electron chi connectivity index (χ2n) is 4.13. The van der Waals surface area contributed by atoms with Crippen LogP contribution in [0.15, 0.2) is 18.2 Å². The number of likely N-dealkylation sites (N-methyl/N-ethyl adjacent to an activating group) is 1. The average Bonchev–Trinajstić information content (AvgIpc) is 2.49. The molecule has 4 N–H and O–H groups in total. The second-order valence-corrected chi connectivity index (χ2v) is 4.13. The lowest BCUT2D eigenvalue weighted by molar-refractivity contribution is -0.129. The molecule has 0 aliphatic heterocycles. The molecule has 0 spiro atoms. The minimum atomic E-state index is -0.433. The molecule has 8 heteroatoms. The fourth-order valence-electron chi connectivity index (χ4n) is 1.47. The zero-order valence-electron chi connectivity index (χ0n) is 12.0. The van der Waals surface area contributed by atoms with Crippen molar-refractivity contribution in [2.45, 2.75) is 0 Å². The molecule has 0 bridgehead atoms. The van der Waals surface area contributed by atoms with Crippen LogP contribution in [0.2, 0.25) is 0 Å². The molecule has 21 heavy (non-hydrogen) atoms. The predicted molar refractivity (Wildman–Crippen MR) is 74.9 cm³/mol. The van der Waals surface area contributed by atoms with Crippen LogP contribution in [0.5, 0.6) is 11.5 Å². The van der Waals surface area contributed by atoms with Gasteiger partial charge in [0.1, 0.15) is 6.61 Å². The number of hydrogen-bond acceptors (Lipinski definition) is 6. The standard InChI is InChI=1S/C13H19N3O5/c1-16(14)12(18)8-15-13(19)9-3-4-10(21-6-5-17)11(7-9)20-2/h3-4,7,17H,5-6,8,14H2,1-2H3,(H,15,19). The Bertz CT molecular complexity index is 505. The van der Waals surface area contributed by atoms with Crippen molar-refractivity contribution in [3.8, 4) is 11.5 Å². The van der Waals surface area contributed by atoms with E-state index in [0.717, 1.165) is 5.01 Å². The monoisotopic (exact) mass is 297 g/mol. The minimum Gasteiger partial charge on any atom is -0.493 e. The number of nitrogens with one attached hydrogen (secondary N) is 1. The van der Waals surface area contributed by atoms with Crippen molar-refractivity contribution < 1.29 is 24.2 Å². The van der Waals surface area contributed by atoms with Gasteiger partial charge in [-0.15, -0.1) is 0 Å². The number of carbonyl (C=O) groups is 2. The summed E-state index contributed by atoms with van der Waals surface area (Å²) in [5, 5.41) is 12.1. The van der Waals surface area contributed by atoms with Gasteiger partial charge < -0.3 is 19.9 Å². The lowest BCUT2D eigenvalue weighted by Crippen LogP contribution is -2.41. The van der Waals surface area contributed by atoms with Crippen molar-refractivity contribution in [2.75, 3.05) is 33.9 Å². The first-order valence-corrected chi connectivity index (χ1v) is 6.20. The first kappa shape index (κ1) is 16.7. The van der Waals surface area contributed by atoms with Gasteiger partial charge in [0.05, 0.1) is 20.3 Å². The molecular weight excluding hydrogens is 278 g/mol. The van der Waals surface area contributed by atoms with Crippen LogP contribution < -0.4 is 20.6 Å². The number of ether oxygens (including phenoxy) is 2. The summed E-state index contributed by atoms with van der Waals surface area (Å²) < 4.78 is 10.4. The van der Waals surface area contributed by atoms with Crippen LogP contribution >= 0.6 is 0 Å². The van der Waals surface area contributed by atoms with Crippen molar-refractivity contribution >= 4 is 11.8 Å². The molecule has 0 atom stereocenters. The van der Waals surface area contributed by atoms with E-state index in [1.54, 1.807) is 6.07 Å². The Morgan fingerprint density at radius 3 is 2.67 bits per heavy atom. The zero-order chi connectivity index (χ0) is 15.8. The molecule has 0 radical (unpaired) electrons. The lowest BCUT2D eigenvalue weighted by atomic mass is 10.2. The molecule has 116 valence electrons. The number of aliphatic hydroxyl groups excluding tert-OH is 1. The van der Waals surface area contributed by atoms with Crippen LogP contribution in [-0.2, 0) is 4.79 Å². The van der Waals surface area contributed by atoms with Crippen molar-refractivity contribution in [1.29, 1.82) is 0 Å². The van der Waals surface area contributed by atoms with Crippen LogP contribution in [0, 0.1) is 0 Å². The Morgan fingerprint density at radius 2 is 2.10 bits per heavy atom. The molecule has 0 saturated heterocycles. The van der Waals surface area contributed by atoms with Gasteiger partial charge in [-0.25, -0.2) is 5.84 Å². The summed E-state index contributed by atoms with van der Waals surface area (Å²) in [6.45, 7) is -0.198. The quantitative estimate of drug-likeness (QED) is 0.342. The molecule has 0 aliphatic rings. The van der Waals surface area contributed by atoms with Gasteiger partial charge in [0.25, 0.3) is 11.8 Å². The molecule has 2 amide bonds. The fraction of sp³-hybridized carbons (Fsp3) is 0.385. The number of hydrogen-bond donors (Lipinski definition) is 3. The van der Waals surface area contributed by atoms with E-state index in [2.05, 4.69) is 5.32 Å². The molecular formula is C13H19N3O5. The number of hydrazine groups is 1. The summed E-state index contributed by atoms with van der Waals surface area (Å²) in [5.74, 6) is 5.17. The highest BCUT2D eigenvalue weighted by atomic mass is 16.5. The number of benzene rings is 1. The second kappa shape index (κ2) is 8.08. The van der Waals surface area contributed by atoms with Crippen LogP contribution in [-0.4, -0.2) is 55.8 Å². The van der Waals surface area contributed by atoms with E-state index in [0.29, 0.717) is 17.1 Å². The highest BCUT2D eigenvalue weighted by molar-refractivity contribution is 5.96. The SMILES string of the molecule is COc1cc(C(=O)NCC(=O)N(C)N)ccc1OCCO. The van der Waals surface area contributed by atoms with Crippen molar-refractivity contribution in [1.82, 2.24) is 10.3 Å². The number of nitrogens with two attached hydrogens (primary N) is 1. The van der Waals surface area contributed by atoms with Crippen molar-refractivity contribution in [2.24, 2.45) is 5.84 Å². The van der Waals surface area contributed by atoms with Crippen LogP contribution in [0.4, 0.5) is 0 Å². The summed E-state index contributed by atoms with van der Waals surface area (Å²) in [6, 6.07) is 4.57. The van der Waals surface area contributed by atoms with Gasteiger partial charge in [-0.3, -0.25) is 14.6 Å². The first-order valence-electron chi connectivity index (χ1n) is 6.20. The average molecular weight is 297 g/mol. The zero-order valence-corrected chi connectivity index (χ0v) is 12.0. The van der Waals surface area contributed by atoms with Crippen LogP contribution in [0.1, 0.15) is 10.4 Å². The maximum Gasteiger partial charge on any atom is 0.255 e. The summed E-state index contributed by atoms with van der Waals surface area (Å²) in [4.78, 5) is 23.2. The highest BCUT2D eigenvalue weighted by Gasteiger charge is 2.13. The molecule has 0 aromatic heterocycles. The topological polar surface area (TPSA) is 114 Å². The molecule has 8 nitrogen and oxygen atoms in total. The molecule has 1 aromatic rings. The van der Waals surface area contributed by atoms with Crippen molar-refractivity contribution in [3.63, 3.8) is 0 Å². The van der Waals surface area contributed by atoms with E-state index >= 15 is 0 Å². The smallest absolute Gasteiger partial charge is 0.255 e. The van der Waals surface area contributed by atoms with Gasteiger partial charge in [0, 0.05) is 12.6 Å². The van der Waals surface area contributed by atoms with E-state index in [-0.39, 0.29) is 19.8 Å². The molecule has 0 unspecified atom stereocenters. The van der Waals surface area contributed by atoms with Gasteiger partial charge in [-0.1, -0.05) is 0 Å². The maximum absolute atomic E-state index is 11.9. The molecule has 0 saturated carbocycles. The normalized spacial score (nSPS) is 9.90. The third-order valence-corrected chi connectivity index (χ3v) is 2.57. The van der Waals surface area contributed by atoms with Gasteiger partial charge in [0.2, 0.25) is 0 Å². The Labute approximate surface area is 122 Å². The number of methoxy groups -OCH3 is 1. The minimum absolute atomic E-state index is 0.124. The molecule has 1 rings (SSSR count). The van der Waals surface area contributed by atoms with Gasteiger partial charge >= 0.3 is 0 Å². The Balaban J connectivity index is 2.74. The van der Waals surface area contributed by atoms with Gasteiger partial charge in [0.15, 0.2) is 11.5 Å². The molecule has 0 fully saturated rings. The van der Waals surface area contributed by atoms with Crippen LogP contribution in [0.3, 0.4) is 0 Å².